The van der Waals surface area contributed by atoms with Gasteiger partial charge in [-0.25, -0.2) is 9.59 Å². The van der Waals surface area contributed by atoms with Crippen molar-refractivity contribution in [2.75, 3.05) is 32.7 Å². The molecular weight excluding hydrogens is 739 g/mol. The molecule has 0 saturated heterocycles. The molecule has 3 rings (SSSR count). The van der Waals surface area contributed by atoms with Crippen LogP contribution in [0.5, 0.6) is 0 Å². The highest BCUT2D eigenvalue weighted by molar-refractivity contribution is 5.93. The third-order valence-electron chi connectivity index (χ3n) is 9.05. The molecule has 0 aliphatic heterocycles. The number of alkyl halides is 3. The van der Waals surface area contributed by atoms with E-state index in [4.69, 9.17) is 9.47 Å². The van der Waals surface area contributed by atoms with E-state index in [1.165, 1.54) is 12.1 Å². The Hall–Kier alpha value is -4.98. The highest BCUT2D eigenvalue weighted by atomic mass is 19.4. The molecule has 0 spiro atoms. The Morgan fingerprint density at radius 2 is 1.49 bits per heavy atom. The van der Waals surface area contributed by atoms with E-state index in [1.54, 1.807) is 47.7 Å². The summed E-state index contributed by atoms with van der Waals surface area (Å²) >= 11 is 0. The number of carbonyl (C=O) groups is 4. The maximum atomic E-state index is 14.2. The first-order valence-electron chi connectivity index (χ1n) is 19.4. The maximum Gasteiger partial charge on any atom is 0.416 e. The van der Waals surface area contributed by atoms with Crippen LogP contribution in [0.4, 0.5) is 22.8 Å². The zero-order valence-electron chi connectivity index (χ0n) is 34.3. The van der Waals surface area contributed by atoms with Crippen molar-refractivity contribution >= 4 is 34.8 Å². The summed E-state index contributed by atoms with van der Waals surface area (Å²) in [5.74, 6) is -1.04. The maximum absolute atomic E-state index is 14.2. The predicted octanol–water partition coefficient (Wildman–Crippen LogP) is 7.70. The van der Waals surface area contributed by atoms with Crippen molar-refractivity contribution < 1.29 is 46.3 Å². The molecule has 3 N–H and O–H groups in total. The highest BCUT2D eigenvalue weighted by Gasteiger charge is 2.33. The lowest BCUT2D eigenvalue weighted by Crippen LogP contribution is -2.55. The number of rotatable bonds is 19. The molecule has 0 radical (unpaired) electrons. The number of carbonyl (C=O) groups excluding carboxylic acids is 4. The second-order valence-electron chi connectivity index (χ2n) is 16.4. The van der Waals surface area contributed by atoms with Gasteiger partial charge in [-0.3, -0.25) is 14.6 Å². The van der Waals surface area contributed by atoms with Gasteiger partial charge in [0.15, 0.2) is 5.78 Å². The van der Waals surface area contributed by atoms with Gasteiger partial charge in [0.2, 0.25) is 5.91 Å². The zero-order valence-corrected chi connectivity index (χ0v) is 34.3. The lowest BCUT2D eigenvalue weighted by Gasteiger charge is -2.38. The molecule has 1 aromatic heterocycles. The Balaban J connectivity index is 1.87. The van der Waals surface area contributed by atoms with Crippen LogP contribution in [0.25, 0.3) is 10.9 Å². The average Bonchev–Trinajstić information content (AvgIpc) is 3.09. The minimum absolute atomic E-state index is 0.0939. The van der Waals surface area contributed by atoms with Crippen molar-refractivity contribution in [1.82, 2.24) is 20.9 Å². The number of aromatic nitrogens is 1. The molecule has 312 valence electrons. The van der Waals surface area contributed by atoms with Gasteiger partial charge in [-0.05, 0) is 109 Å². The third kappa shape index (κ3) is 16.2. The summed E-state index contributed by atoms with van der Waals surface area (Å²) in [5, 5.41) is 9.15. The van der Waals surface area contributed by atoms with Crippen LogP contribution in [0.3, 0.4) is 0 Å². The number of nitrogens with one attached hydrogen (secondary N) is 3. The van der Waals surface area contributed by atoms with Crippen molar-refractivity contribution in [3.63, 3.8) is 0 Å². The van der Waals surface area contributed by atoms with Gasteiger partial charge in [0, 0.05) is 18.0 Å². The minimum Gasteiger partial charge on any atom is -0.444 e. The molecule has 14 heteroatoms. The number of pyridine rings is 1. The van der Waals surface area contributed by atoms with E-state index in [0.29, 0.717) is 48.2 Å². The molecule has 2 unspecified atom stereocenters. The van der Waals surface area contributed by atoms with Gasteiger partial charge in [-0.1, -0.05) is 43.8 Å². The Bertz CT molecular complexity index is 1820. The highest BCUT2D eigenvalue weighted by Crippen LogP contribution is 2.29. The monoisotopic (exact) mass is 798 g/mol. The zero-order chi connectivity index (χ0) is 42.4. The fourth-order valence-corrected chi connectivity index (χ4v) is 6.54. The Labute approximate surface area is 334 Å². The van der Waals surface area contributed by atoms with Crippen molar-refractivity contribution in [3.05, 3.63) is 90.1 Å². The molecule has 3 amide bonds. The lowest BCUT2D eigenvalue weighted by atomic mass is 9.96. The first-order chi connectivity index (χ1) is 26.6. The molecule has 11 nitrogen and oxygen atoms in total. The molecule has 0 aliphatic carbocycles. The number of alkyl carbamates (subject to hydrolysis) is 2. The molecule has 57 heavy (non-hydrogen) atoms. The predicted molar refractivity (Wildman–Crippen MR) is 214 cm³/mol. The van der Waals surface area contributed by atoms with Crippen molar-refractivity contribution in [2.45, 2.75) is 110 Å². The lowest BCUT2D eigenvalue weighted by molar-refractivity contribution is -0.922. The quantitative estimate of drug-likeness (QED) is 0.0836. The van der Waals surface area contributed by atoms with Crippen LogP contribution in [0, 0.1) is 0 Å². The molecule has 0 bridgehead atoms. The number of Topliss-reactive ketones (excluding diaryl/α,β-unsaturated/α-hetero) is 1. The minimum atomic E-state index is -4.54. The van der Waals surface area contributed by atoms with E-state index in [-0.39, 0.29) is 19.3 Å². The van der Waals surface area contributed by atoms with E-state index in [9.17, 15) is 32.3 Å². The summed E-state index contributed by atoms with van der Waals surface area (Å²) < 4.78 is 51.5. The molecule has 2 aromatic carbocycles. The van der Waals surface area contributed by atoms with Crippen LogP contribution < -0.4 is 16.0 Å². The molecule has 3 atom stereocenters. The van der Waals surface area contributed by atoms with E-state index >= 15 is 0 Å². The van der Waals surface area contributed by atoms with Gasteiger partial charge in [-0.15, -0.1) is 0 Å². The standard InChI is InChI=1S/C43H58F3N5O6/c1-9-22-51(23-10-2,25-21-47-39(54)56-41(3,4)5)24-13-16-35(50-40(55)57-42(6,7)8)38(53)49-36(27-30-17-19-33(20-18-30)43(44,45)46)37(52)28-31-26-32-14-11-12-15-34(32)48-29-31/h9,11-12,14-15,17-20,26,29,35-36H,1,10,13,16,21-25,27-28H2,2-8H3,(H2-,47,49,50,53,54,55)/p+1/t35-,36?,51?/m0/s1. The van der Waals surface area contributed by atoms with Crippen LogP contribution in [-0.2, 0) is 38.1 Å². The Morgan fingerprint density at radius 1 is 0.842 bits per heavy atom. The number of para-hydroxylation sites is 1. The summed E-state index contributed by atoms with van der Waals surface area (Å²) in [7, 11) is 0. The molecule has 0 saturated carbocycles. The van der Waals surface area contributed by atoms with Crippen LogP contribution in [0.2, 0.25) is 0 Å². The summed E-state index contributed by atoms with van der Waals surface area (Å²) in [6.07, 6.45) is -1.24. The van der Waals surface area contributed by atoms with E-state index < -0.39 is 58.9 Å². The second kappa shape index (κ2) is 20.4. The molecule has 1 heterocycles. The van der Waals surface area contributed by atoms with Gasteiger partial charge in [-0.2, -0.15) is 13.2 Å². The summed E-state index contributed by atoms with van der Waals surface area (Å²) in [6, 6.07) is 11.4. The van der Waals surface area contributed by atoms with Crippen LogP contribution >= 0.6 is 0 Å². The number of amides is 3. The third-order valence-corrected chi connectivity index (χ3v) is 9.05. The summed E-state index contributed by atoms with van der Waals surface area (Å²) in [4.78, 5) is 58.0. The number of halogens is 3. The molecular formula is C43H59F3N5O6+. The summed E-state index contributed by atoms with van der Waals surface area (Å²) in [6.45, 7) is 19.3. The van der Waals surface area contributed by atoms with Crippen LogP contribution in [0.1, 0.15) is 84.4 Å². The van der Waals surface area contributed by atoms with Crippen molar-refractivity contribution in [3.8, 4) is 0 Å². The Morgan fingerprint density at radius 3 is 2.11 bits per heavy atom. The largest absolute Gasteiger partial charge is 0.444 e. The molecule has 3 aromatic rings. The number of ether oxygens (including phenoxy) is 2. The topological polar surface area (TPSA) is 136 Å². The number of benzene rings is 2. The second-order valence-corrected chi connectivity index (χ2v) is 16.4. The number of nitrogens with zero attached hydrogens (tertiary/aromatic N) is 2. The number of hydrogen-bond acceptors (Lipinski definition) is 7. The molecule has 0 fully saturated rings. The van der Waals surface area contributed by atoms with Gasteiger partial charge in [0.05, 0.1) is 49.8 Å². The smallest absolute Gasteiger partial charge is 0.416 e. The molecule has 0 aliphatic rings. The van der Waals surface area contributed by atoms with Gasteiger partial charge in [0.1, 0.15) is 17.2 Å². The first kappa shape index (κ1) is 46.4. The van der Waals surface area contributed by atoms with E-state index in [2.05, 4.69) is 34.4 Å². The SMILES string of the molecule is C=CC[N+](CCC)(CCC[C@H](NC(=O)OC(C)(C)C)C(=O)NC(Cc1ccc(C(F)(F)F)cc1)C(=O)Cc1cnc2ccccc2c1)CCNC(=O)OC(C)(C)C. The van der Waals surface area contributed by atoms with Gasteiger partial charge in [0.25, 0.3) is 0 Å². The van der Waals surface area contributed by atoms with Gasteiger partial charge < -0.3 is 29.9 Å². The van der Waals surface area contributed by atoms with E-state index in [0.717, 1.165) is 36.0 Å². The van der Waals surface area contributed by atoms with Crippen LogP contribution in [-0.4, -0.2) is 89.4 Å². The number of hydrogen-bond donors (Lipinski definition) is 3. The van der Waals surface area contributed by atoms with Crippen LogP contribution in [0.15, 0.2) is 73.4 Å². The fraction of sp³-hybridized carbons (Fsp3) is 0.512. The van der Waals surface area contributed by atoms with Crippen molar-refractivity contribution in [1.29, 1.82) is 0 Å². The number of fused-ring (bicyclic) bond motifs is 1. The van der Waals surface area contributed by atoms with Gasteiger partial charge >= 0.3 is 18.4 Å². The Kier molecular flexibility index (Phi) is 16.6. The summed E-state index contributed by atoms with van der Waals surface area (Å²) in [5.41, 5.74) is -0.599. The normalized spacial score (nSPS) is 14.1. The van der Waals surface area contributed by atoms with Crippen molar-refractivity contribution in [2.24, 2.45) is 0 Å². The average molecular weight is 799 g/mol. The fourth-order valence-electron chi connectivity index (χ4n) is 6.54. The van der Waals surface area contributed by atoms with E-state index in [1.807, 2.05) is 36.4 Å². The number of ketones is 1. The first-order valence-corrected chi connectivity index (χ1v) is 19.4. The number of quaternary nitrogens is 1.